The molecule has 0 unspecified atom stereocenters. The zero-order valence-corrected chi connectivity index (χ0v) is 6.15. The van der Waals surface area contributed by atoms with E-state index < -0.39 is 0 Å². The van der Waals surface area contributed by atoms with Gasteiger partial charge in [-0.1, -0.05) is 39.3 Å². The van der Waals surface area contributed by atoms with Crippen molar-refractivity contribution in [1.82, 2.24) is 0 Å². The summed E-state index contributed by atoms with van der Waals surface area (Å²) in [6.45, 7) is 9.03. The average molecular weight is 110 g/mol. The smallest absolute Gasteiger partial charge is 0.00402 e. The average Bonchev–Trinajstić information content (AvgIpc) is 2.13. The van der Waals surface area contributed by atoms with E-state index in [0.29, 0.717) is 5.41 Å². The molecular formula is C8H14. The number of rotatable bonds is 1. The molecule has 0 saturated carbocycles. The number of hydrogen-bond donors (Lipinski definition) is 0. The topological polar surface area (TPSA) is 0 Å². The first-order valence-corrected chi connectivity index (χ1v) is 3.27. The fourth-order valence-corrected chi connectivity index (χ4v) is 1.26. The van der Waals surface area contributed by atoms with Crippen molar-refractivity contribution < 1.29 is 0 Å². The highest BCUT2D eigenvalue weighted by Gasteiger charge is 2.34. The van der Waals surface area contributed by atoms with Crippen molar-refractivity contribution in [1.29, 1.82) is 0 Å². The Labute approximate surface area is 51.6 Å². The molecule has 0 spiro atoms. The lowest BCUT2D eigenvalue weighted by Crippen LogP contribution is -1.95. The van der Waals surface area contributed by atoms with Gasteiger partial charge in [-0.15, -0.1) is 0 Å². The van der Waals surface area contributed by atoms with Gasteiger partial charge in [0.15, 0.2) is 0 Å². The molecule has 0 aliphatic heterocycles. The van der Waals surface area contributed by atoms with E-state index in [9.17, 15) is 0 Å². The highest BCUT2D eigenvalue weighted by atomic mass is 14.4. The maximum atomic E-state index is 2.34. The molecule has 46 valence electrons. The van der Waals surface area contributed by atoms with Crippen molar-refractivity contribution in [2.75, 3.05) is 0 Å². The SMILES string of the molecule is CC(C)C1=CC1(C)C. The summed E-state index contributed by atoms with van der Waals surface area (Å²) in [6, 6.07) is 0. The Bertz CT molecular complexity index is 127. The third-order valence-corrected chi connectivity index (χ3v) is 1.80. The molecule has 0 aromatic heterocycles. The molecule has 1 rings (SSSR count). The van der Waals surface area contributed by atoms with Crippen molar-refractivity contribution in [2.45, 2.75) is 27.7 Å². The highest BCUT2D eigenvalue weighted by Crippen LogP contribution is 2.46. The van der Waals surface area contributed by atoms with Crippen molar-refractivity contribution >= 4 is 0 Å². The maximum absolute atomic E-state index is 2.34. The maximum Gasteiger partial charge on any atom is 0.00402 e. The molecule has 0 nitrogen and oxygen atoms in total. The van der Waals surface area contributed by atoms with Crippen LogP contribution >= 0.6 is 0 Å². The minimum atomic E-state index is 0.480. The first kappa shape index (κ1) is 5.87. The Kier molecular flexibility index (Phi) is 1.00. The summed E-state index contributed by atoms with van der Waals surface area (Å²) in [7, 11) is 0. The molecular weight excluding hydrogens is 96.1 g/mol. The van der Waals surface area contributed by atoms with Crippen LogP contribution < -0.4 is 0 Å². The predicted octanol–water partition coefficient (Wildman–Crippen LogP) is 2.61. The van der Waals surface area contributed by atoms with Gasteiger partial charge in [0.05, 0.1) is 0 Å². The van der Waals surface area contributed by atoms with Gasteiger partial charge in [-0.2, -0.15) is 0 Å². The predicted molar refractivity (Wildman–Crippen MR) is 36.7 cm³/mol. The third-order valence-electron chi connectivity index (χ3n) is 1.80. The molecule has 8 heavy (non-hydrogen) atoms. The molecule has 0 amide bonds. The number of allylic oxidation sites excluding steroid dienone is 2. The zero-order valence-electron chi connectivity index (χ0n) is 6.15. The highest BCUT2D eigenvalue weighted by molar-refractivity contribution is 5.36. The van der Waals surface area contributed by atoms with E-state index in [1.165, 1.54) is 0 Å². The summed E-state index contributed by atoms with van der Waals surface area (Å²) in [6.07, 6.45) is 2.34. The van der Waals surface area contributed by atoms with Crippen LogP contribution in [0.5, 0.6) is 0 Å². The summed E-state index contributed by atoms with van der Waals surface area (Å²) in [5.74, 6) is 0.769. The molecule has 1 aliphatic carbocycles. The molecule has 1 aliphatic rings. The summed E-state index contributed by atoms with van der Waals surface area (Å²) in [4.78, 5) is 0. The molecule has 0 saturated heterocycles. The van der Waals surface area contributed by atoms with Crippen molar-refractivity contribution in [3.8, 4) is 0 Å². The summed E-state index contributed by atoms with van der Waals surface area (Å²) < 4.78 is 0. The van der Waals surface area contributed by atoms with Gasteiger partial charge >= 0.3 is 0 Å². The summed E-state index contributed by atoms with van der Waals surface area (Å²) in [5, 5.41) is 0. The molecule has 0 radical (unpaired) electrons. The van der Waals surface area contributed by atoms with E-state index in [0.717, 1.165) is 5.92 Å². The molecule has 0 aromatic carbocycles. The summed E-state index contributed by atoms with van der Waals surface area (Å²) in [5.41, 5.74) is 2.10. The molecule has 0 aromatic rings. The second-order valence-electron chi connectivity index (χ2n) is 3.48. The lowest BCUT2D eigenvalue weighted by Gasteiger charge is -2.05. The lowest BCUT2D eigenvalue weighted by atomic mass is 9.99. The quantitative estimate of drug-likeness (QED) is 0.455. The van der Waals surface area contributed by atoms with Crippen molar-refractivity contribution in [2.24, 2.45) is 11.3 Å². The van der Waals surface area contributed by atoms with Crippen LogP contribution in [0, 0.1) is 11.3 Å². The van der Waals surface area contributed by atoms with Crippen LogP contribution in [0.2, 0.25) is 0 Å². The standard InChI is InChI=1S/C8H14/c1-6(2)7-5-8(7,3)4/h5-6H,1-4H3. The van der Waals surface area contributed by atoms with Gasteiger partial charge in [0.2, 0.25) is 0 Å². The van der Waals surface area contributed by atoms with E-state index in [-0.39, 0.29) is 0 Å². The van der Waals surface area contributed by atoms with Crippen LogP contribution in [-0.4, -0.2) is 0 Å². The van der Waals surface area contributed by atoms with Crippen LogP contribution in [-0.2, 0) is 0 Å². The molecule has 0 heteroatoms. The zero-order chi connectivity index (χ0) is 6.36. The van der Waals surface area contributed by atoms with E-state index in [4.69, 9.17) is 0 Å². The van der Waals surface area contributed by atoms with E-state index in [1.54, 1.807) is 5.57 Å². The molecule has 0 fully saturated rings. The molecule has 0 bridgehead atoms. The minimum absolute atomic E-state index is 0.480. The third kappa shape index (κ3) is 0.795. The van der Waals surface area contributed by atoms with Gasteiger partial charge in [0.25, 0.3) is 0 Å². The number of hydrogen-bond acceptors (Lipinski definition) is 0. The first-order chi connectivity index (χ1) is 3.54. The van der Waals surface area contributed by atoms with Gasteiger partial charge in [-0.05, 0) is 5.92 Å². The van der Waals surface area contributed by atoms with E-state index in [2.05, 4.69) is 33.8 Å². The van der Waals surface area contributed by atoms with Crippen molar-refractivity contribution in [3.63, 3.8) is 0 Å². The van der Waals surface area contributed by atoms with Gasteiger partial charge in [0.1, 0.15) is 0 Å². The van der Waals surface area contributed by atoms with Crippen molar-refractivity contribution in [3.05, 3.63) is 11.6 Å². The second-order valence-corrected chi connectivity index (χ2v) is 3.48. The molecule has 0 N–H and O–H groups in total. The van der Waals surface area contributed by atoms with Gasteiger partial charge in [0, 0.05) is 5.41 Å². The van der Waals surface area contributed by atoms with Crippen LogP contribution in [0.15, 0.2) is 11.6 Å². The normalized spacial score (nSPS) is 23.4. The Balaban J connectivity index is 2.47. The molecule has 0 atom stereocenters. The molecule has 0 heterocycles. The minimum Gasteiger partial charge on any atom is -0.0745 e. The Hall–Kier alpha value is -0.260. The second kappa shape index (κ2) is 1.37. The first-order valence-electron chi connectivity index (χ1n) is 3.27. The fraction of sp³-hybridized carbons (Fsp3) is 0.750. The Morgan fingerprint density at radius 3 is 1.75 bits per heavy atom. The van der Waals surface area contributed by atoms with Crippen LogP contribution in [0.4, 0.5) is 0 Å². The Morgan fingerprint density at radius 2 is 1.75 bits per heavy atom. The largest absolute Gasteiger partial charge is 0.0745 e. The van der Waals surface area contributed by atoms with Crippen LogP contribution in [0.25, 0.3) is 0 Å². The van der Waals surface area contributed by atoms with Gasteiger partial charge in [-0.3, -0.25) is 0 Å². The Morgan fingerprint density at radius 1 is 1.38 bits per heavy atom. The lowest BCUT2D eigenvalue weighted by molar-refractivity contribution is 0.619. The summed E-state index contributed by atoms with van der Waals surface area (Å²) >= 11 is 0. The van der Waals surface area contributed by atoms with Crippen LogP contribution in [0.3, 0.4) is 0 Å². The van der Waals surface area contributed by atoms with Crippen LogP contribution in [0.1, 0.15) is 27.7 Å². The fourth-order valence-electron chi connectivity index (χ4n) is 1.26. The van der Waals surface area contributed by atoms with E-state index >= 15 is 0 Å². The van der Waals surface area contributed by atoms with Gasteiger partial charge < -0.3 is 0 Å². The van der Waals surface area contributed by atoms with Gasteiger partial charge in [-0.25, -0.2) is 0 Å². The monoisotopic (exact) mass is 110 g/mol. The van der Waals surface area contributed by atoms with E-state index in [1.807, 2.05) is 0 Å².